The Balaban J connectivity index is 1.27. The molecular weight excluding hydrogens is 548 g/mol. The number of aromatic nitrogens is 4. The Labute approximate surface area is 261 Å². The van der Waals surface area contributed by atoms with E-state index < -0.39 is 0 Å². The van der Waals surface area contributed by atoms with Gasteiger partial charge in [0.1, 0.15) is 11.0 Å². The number of rotatable bonds is 6. The van der Waals surface area contributed by atoms with Gasteiger partial charge in [0.25, 0.3) is 0 Å². The van der Waals surface area contributed by atoms with E-state index in [-0.39, 0.29) is 0 Å². The van der Waals surface area contributed by atoms with Crippen molar-refractivity contribution in [3.05, 3.63) is 170 Å². The molecule has 0 spiro atoms. The van der Waals surface area contributed by atoms with Gasteiger partial charge in [-0.15, -0.1) is 10.2 Å². The molecule has 0 radical (unpaired) electrons. The second-order valence-corrected chi connectivity index (χ2v) is 11.1. The van der Waals surface area contributed by atoms with Gasteiger partial charge in [-0.2, -0.15) is 4.80 Å². The SMILES string of the molecule is c1ccc(-c2cccc(-c3cc(-c4cccc(-c5ccccc5)c4)c4nn(-c5ccc(-c6cccnc6)cc5)nc4c3)c2)cc1. The summed E-state index contributed by atoms with van der Waals surface area (Å²) in [6, 6.07) is 55.1. The van der Waals surface area contributed by atoms with Gasteiger partial charge < -0.3 is 0 Å². The average Bonchev–Trinajstić information content (AvgIpc) is 3.57. The lowest BCUT2D eigenvalue weighted by Crippen LogP contribution is -1.98. The lowest BCUT2D eigenvalue weighted by molar-refractivity contribution is 0.766. The Bertz CT molecular complexity index is 2240. The smallest absolute Gasteiger partial charge is 0.121 e. The van der Waals surface area contributed by atoms with E-state index in [1.165, 1.54) is 16.7 Å². The van der Waals surface area contributed by atoms with Gasteiger partial charge in [-0.3, -0.25) is 4.98 Å². The molecule has 0 N–H and O–H groups in total. The zero-order valence-corrected chi connectivity index (χ0v) is 24.5. The van der Waals surface area contributed by atoms with Crippen molar-refractivity contribution in [1.82, 2.24) is 20.0 Å². The predicted molar refractivity (Wildman–Crippen MR) is 184 cm³/mol. The van der Waals surface area contributed by atoms with Gasteiger partial charge in [-0.05, 0) is 92.5 Å². The fourth-order valence-corrected chi connectivity index (χ4v) is 5.85. The number of hydrogen-bond acceptors (Lipinski definition) is 3. The molecule has 0 saturated heterocycles. The largest absolute Gasteiger partial charge is 0.264 e. The van der Waals surface area contributed by atoms with Crippen molar-refractivity contribution in [2.45, 2.75) is 0 Å². The molecule has 0 aliphatic heterocycles. The van der Waals surface area contributed by atoms with Crippen LogP contribution in [0.4, 0.5) is 0 Å². The molecule has 2 aromatic heterocycles. The van der Waals surface area contributed by atoms with Crippen molar-refractivity contribution in [1.29, 1.82) is 0 Å². The van der Waals surface area contributed by atoms with E-state index in [4.69, 9.17) is 10.2 Å². The Morgan fingerprint density at radius 2 is 0.933 bits per heavy atom. The Morgan fingerprint density at radius 1 is 0.378 bits per heavy atom. The zero-order valence-electron chi connectivity index (χ0n) is 24.5. The number of nitrogens with zero attached hydrogens (tertiary/aromatic N) is 4. The van der Waals surface area contributed by atoms with Gasteiger partial charge in [-0.25, -0.2) is 0 Å². The number of pyridine rings is 1. The first-order valence-electron chi connectivity index (χ1n) is 15.0. The maximum atomic E-state index is 5.06. The summed E-state index contributed by atoms with van der Waals surface area (Å²) in [5.41, 5.74) is 13.9. The van der Waals surface area contributed by atoms with Crippen LogP contribution in [-0.4, -0.2) is 20.0 Å². The fourth-order valence-electron chi connectivity index (χ4n) is 5.85. The summed E-state index contributed by atoms with van der Waals surface area (Å²) in [5, 5.41) is 10.1. The van der Waals surface area contributed by atoms with Crippen LogP contribution in [0.3, 0.4) is 0 Å². The highest BCUT2D eigenvalue weighted by Gasteiger charge is 2.15. The molecule has 45 heavy (non-hydrogen) atoms. The minimum atomic E-state index is 0.842. The molecule has 212 valence electrons. The molecular formula is C41H28N4. The quantitative estimate of drug-likeness (QED) is 0.198. The Morgan fingerprint density at radius 3 is 1.58 bits per heavy atom. The molecule has 0 aliphatic rings. The zero-order chi connectivity index (χ0) is 30.0. The van der Waals surface area contributed by atoms with Gasteiger partial charge in [0.15, 0.2) is 0 Å². The first kappa shape index (κ1) is 26.5. The van der Waals surface area contributed by atoms with Crippen molar-refractivity contribution in [2.75, 3.05) is 0 Å². The maximum Gasteiger partial charge on any atom is 0.121 e. The van der Waals surface area contributed by atoms with E-state index in [2.05, 4.69) is 145 Å². The molecule has 8 aromatic rings. The van der Waals surface area contributed by atoms with Crippen molar-refractivity contribution in [3.63, 3.8) is 0 Å². The summed E-state index contributed by atoms with van der Waals surface area (Å²) >= 11 is 0. The van der Waals surface area contributed by atoms with Crippen LogP contribution in [0.15, 0.2) is 170 Å². The highest BCUT2D eigenvalue weighted by molar-refractivity contribution is 5.96. The minimum absolute atomic E-state index is 0.842. The maximum absolute atomic E-state index is 5.06. The van der Waals surface area contributed by atoms with Crippen LogP contribution in [0.1, 0.15) is 0 Å². The third-order valence-electron chi connectivity index (χ3n) is 8.16. The predicted octanol–water partition coefficient (Wildman–Crippen LogP) is 10.2. The van der Waals surface area contributed by atoms with Crippen LogP contribution < -0.4 is 0 Å². The molecule has 0 saturated carbocycles. The monoisotopic (exact) mass is 576 g/mol. The van der Waals surface area contributed by atoms with Crippen LogP contribution in [-0.2, 0) is 0 Å². The van der Waals surface area contributed by atoms with E-state index in [0.29, 0.717) is 0 Å². The van der Waals surface area contributed by atoms with Crippen molar-refractivity contribution in [2.24, 2.45) is 0 Å². The standard InChI is InChI=1S/C41H28N4/c1-3-10-29(11-4-1)32-14-7-16-34(24-32)37-26-39(35-17-8-15-33(25-35)30-12-5-2-6-13-30)41-40(27-37)43-45(44-41)38-21-19-31(20-22-38)36-18-9-23-42-28-36/h1-28H. The highest BCUT2D eigenvalue weighted by Crippen LogP contribution is 2.36. The fraction of sp³-hybridized carbons (Fsp3) is 0. The normalized spacial score (nSPS) is 11.1. The Kier molecular flexibility index (Phi) is 6.78. The van der Waals surface area contributed by atoms with Gasteiger partial charge in [-0.1, -0.05) is 115 Å². The topological polar surface area (TPSA) is 43.6 Å². The van der Waals surface area contributed by atoms with Crippen LogP contribution in [0.2, 0.25) is 0 Å². The molecule has 4 nitrogen and oxygen atoms in total. The molecule has 0 bridgehead atoms. The van der Waals surface area contributed by atoms with E-state index in [9.17, 15) is 0 Å². The molecule has 0 fully saturated rings. The molecule has 2 heterocycles. The van der Waals surface area contributed by atoms with E-state index in [1.807, 2.05) is 24.4 Å². The molecule has 0 unspecified atom stereocenters. The second-order valence-electron chi connectivity index (χ2n) is 11.1. The first-order chi connectivity index (χ1) is 22.3. The van der Waals surface area contributed by atoms with Gasteiger partial charge in [0.2, 0.25) is 0 Å². The molecule has 0 aliphatic carbocycles. The molecule has 0 atom stereocenters. The highest BCUT2D eigenvalue weighted by atomic mass is 15.5. The molecule has 8 rings (SSSR count). The van der Waals surface area contributed by atoms with Gasteiger partial charge in [0, 0.05) is 18.0 Å². The Hall–Kier alpha value is -6.13. The summed E-state index contributed by atoms with van der Waals surface area (Å²) in [4.78, 5) is 6.00. The number of benzene rings is 6. The van der Waals surface area contributed by atoms with Crippen molar-refractivity contribution < 1.29 is 0 Å². The summed E-state index contributed by atoms with van der Waals surface area (Å²) < 4.78 is 0. The lowest BCUT2D eigenvalue weighted by Gasteiger charge is -2.10. The van der Waals surface area contributed by atoms with Crippen LogP contribution >= 0.6 is 0 Å². The summed E-state index contributed by atoms with van der Waals surface area (Å²) in [5.74, 6) is 0. The van der Waals surface area contributed by atoms with Gasteiger partial charge in [0.05, 0.1) is 5.69 Å². The van der Waals surface area contributed by atoms with Crippen molar-refractivity contribution in [3.8, 4) is 61.3 Å². The number of hydrogen-bond donors (Lipinski definition) is 0. The number of fused-ring (bicyclic) bond motifs is 1. The van der Waals surface area contributed by atoms with Gasteiger partial charge >= 0.3 is 0 Å². The summed E-state index contributed by atoms with van der Waals surface area (Å²) in [6.07, 6.45) is 3.66. The first-order valence-corrected chi connectivity index (χ1v) is 15.0. The van der Waals surface area contributed by atoms with E-state index in [0.717, 1.165) is 55.7 Å². The van der Waals surface area contributed by atoms with Crippen LogP contribution in [0, 0.1) is 0 Å². The van der Waals surface area contributed by atoms with Crippen LogP contribution in [0.5, 0.6) is 0 Å². The minimum Gasteiger partial charge on any atom is -0.264 e. The van der Waals surface area contributed by atoms with Crippen LogP contribution in [0.25, 0.3) is 72.4 Å². The van der Waals surface area contributed by atoms with E-state index >= 15 is 0 Å². The summed E-state index contributed by atoms with van der Waals surface area (Å²) in [6.45, 7) is 0. The second kappa shape index (κ2) is 11.5. The molecule has 4 heteroatoms. The third-order valence-corrected chi connectivity index (χ3v) is 8.16. The third kappa shape index (κ3) is 5.30. The molecule has 0 amide bonds. The van der Waals surface area contributed by atoms with Crippen molar-refractivity contribution >= 4 is 11.0 Å². The average molecular weight is 577 g/mol. The summed E-state index contributed by atoms with van der Waals surface area (Å²) in [7, 11) is 0. The molecule has 6 aromatic carbocycles. The van der Waals surface area contributed by atoms with E-state index in [1.54, 1.807) is 11.0 Å². The lowest BCUT2D eigenvalue weighted by atomic mass is 9.94.